The molecular formula is C12H15N. The van der Waals surface area contributed by atoms with Gasteiger partial charge in [-0.15, -0.1) is 0 Å². The highest BCUT2D eigenvalue weighted by atomic mass is 14.5. The van der Waals surface area contributed by atoms with E-state index in [2.05, 4.69) is 25.6 Å². The van der Waals surface area contributed by atoms with Gasteiger partial charge in [-0.1, -0.05) is 31.2 Å². The van der Waals surface area contributed by atoms with Gasteiger partial charge in [0.25, 0.3) is 0 Å². The van der Waals surface area contributed by atoms with Gasteiger partial charge in [-0.05, 0) is 30.0 Å². The highest BCUT2D eigenvalue weighted by Crippen LogP contribution is 2.46. The number of benzene rings is 1. The Morgan fingerprint density at radius 3 is 2.77 bits per heavy atom. The second-order valence-electron chi connectivity index (χ2n) is 3.99. The molecule has 1 fully saturated rings. The molecule has 1 aromatic rings. The molecule has 0 spiro atoms. The van der Waals surface area contributed by atoms with Crippen molar-refractivity contribution >= 4 is 5.69 Å². The molecule has 0 heterocycles. The molecule has 2 atom stereocenters. The SMILES string of the molecule is C=C1CC(C)C1c1cccc(N)c1. The summed E-state index contributed by atoms with van der Waals surface area (Å²) in [5.41, 5.74) is 9.26. The predicted molar refractivity (Wildman–Crippen MR) is 56.5 cm³/mol. The van der Waals surface area contributed by atoms with Crippen molar-refractivity contribution in [2.45, 2.75) is 19.3 Å². The Morgan fingerprint density at radius 2 is 2.23 bits per heavy atom. The van der Waals surface area contributed by atoms with Crippen LogP contribution in [-0.4, -0.2) is 0 Å². The van der Waals surface area contributed by atoms with E-state index in [0.717, 1.165) is 11.6 Å². The van der Waals surface area contributed by atoms with Crippen molar-refractivity contribution in [1.29, 1.82) is 0 Å². The first-order valence-electron chi connectivity index (χ1n) is 4.71. The molecule has 0 amide bonds. The van der Waals surface area contributed by atoms with Gasteiger partial charge in [0.2, 0.25) is 0 Å². The summed E-state index contributed by atoms with van der Waals surface area (Å²) < 4.78 is 0. The number of nitrogen functional groups attached to an aromatic ring is 1. The van der Waals surface area contributed by atoms with Crippen LogP contribution in [0.3, 0.4) is 0 Å². The van der Waals surface area contributed by atoms with Crippen molar-refractivity contribution in [2.24, 2.45) is 5.92 Å². The normalized spacial score (nSPS) is 27.0. The summed E-state index contributed by atoms with van der Waals surface area (Å²) in [4.78, 5) is 0. The van der Waals surface area contributed by atoms with E-state index in [9.17, 15) is 0 Å². The molecule has 13 heavy (non-hydrogen) atoms. The predicted octanol–water partition coefficient (Wildman–Crippen LogP) is 2.95. The van der Waals surface area contributed by atoms with Crippen LogP contribution in [-0.2, 0) is 0 Å². The minimum absolute atomic E-state index is 0.545. The Labute approximate surface area is 79.3 Å². The van der Waals surface area contributed by atoms with Crippen molar-refractivity contribution in [3.8, 4) is 0 Å². The lowest BCUT2D eigenvalue weighted by Gasteiger charge is -2.37. The van der Waals surface area contributed by atoms with Gasteiger partial charge in [0.1, 0.15) is 0 Å². The summed E-state index contributed by atoms with van der Waals surface area (Å²) >= 11 is 0. The van der Waals surface area contributed by atoms with Crippen LogP contribution in [0.1, 0.15) is 24.8 Å². The Balaban J connectivity index is 2.30. The number of nitrogens with two attached hydrogens (primary N) is 1. The quantitative estimate of drug-likeness (QED) is 0.513. The van der Waals surface area contributed by atoms with E-state index >= 15 is 0 Å². The summed E-state index contributed by atoms with van der Waals surface area (Å²) in [6.07, 6.45) is 1.17. The average molecular weight is 173 g/mol. The van der Waals surface area contributed by atoms with Crippen molar-refractivity contribution in [1.82, 2.24) is 0 Å². The van der Waals surface area contributed by atoms with Crippen LogP contribution < -0.4 is 5.73 Å². The Bertz CT molecular complexity index is 341. The third-order valence-corrected chi connectivity index (χ3v) is 2.86. The zero-order valence-electron chi connectivity index (χ0n) is 7.96. The summed E-state index contributed by atoms with van der Waals surface area (Å²) in [5.74, 6) is 1.28. The number of hydrogen-bond donors (Lipinski definition) is 1. The number of hydrogen-bond acceptors (Lipinski definition) is 1. The zero-order valence-corrected chi connectivity index (χ0v) is 7.96. The molecule has 1 heteroatoms. The topological polar surface area (TPSA) is 26.0 Å². The molecular weight excluding hydrogens is 158 g/mol. The molecule has 0 saturated heterocycles. The fraction of sp³-hybridized carbons (Fsp3) is 0.333. The van der Waals surface area contributed by atoms with Crippen LogP contribution in [0.25, 0.3) is 0 Å². The molecule has 1 aromatic carbocycles. The van der Waals surface area contributed by atoms with Crippen LogP contribution in [0.4, 0.5) is 5.69 Å². The molecule has 0 aromatic heterocycles. The van der Waals surface area contributed by atoms with E-state index in [1.165, 1.54) is 17.6 Å². The fourth-order valence-corrected chi connectivity index (χ4v) is 2.22. The number of rotatable bonds is 1. The molecule has 1 saturated carbocycles. The first-order chi connectivity index (χ1) is 6.18. The minimum Gasteiger partial charge on any atom is -0.399 e. The van der Waals surface area contributed by atoms with E-state index in [4.69, 9.17) is 5.73 Å². The molecule has 2 N–H and O–H groups in total. The van der Waals surface area contributed by atoms with Crippen molar-refractivity contribution < 1.29 is 0 Å². The minimum atomic E-state index is 0.545. The maximum atomic E-state index is 5.74. The van der Waals surface area contributed by atoms with Crippen LogP contribution in [0.5, 0.6) is 0 Å². The van der Waals surface area contributed by atoms with E-state index in [1.54, 1.807) is 0 Å². The molecule has 0 radical (unpaired) electrons. The summed E-state index contributed by atoms with van der Waals surface area (Å²) in [5, 5.41) is 0. The maximum Gasteiger partial charge on any atom is 0.0316 e. The highest BCUT2D eigenvalue weighted by molar-refractivity contribution is 5.45. The molecule has 0 aliphatic heterocycles. The van der Waals surface area contributed by atoms with E-state index in [-0.39, 0.29) is 0 Å². The Hall–Kier alpha value is -1.24. The largest absolute Gasteiger partial charge is 0.399 e. The molecule has 1 nitrogen and oxygen atoms in total. The third-order valence-electron chi connectivity index (χ3n) is 2.86. The maximum absolute atomic E-state index is 5.74. The molecule has 68 valence electrons. The van der Waals surface area contributed by atoms with Crippen LogP contribution in [0, 0.1) is 5.92 Å². The van der Waals surface area contributed by atoms with E-state index in [0.29, 0.717) is 5.92 Å². The van der Waals surface area contributed by atoms with Crippen molar-refractivity contribution in [3.05, 3.63) is 42.0 Å². The summed E-state index contributed by atoms with van der Waals surface area (Å²) in [6, 6.07) is 8.14. The van der Waals surface area contributed by atoms with Crippen LogP contribution >= 0.6 is 0 Å². The smallest absolute Gasteiger partial charge is 0.0316 e. The average Bonchev–Trinajstić information content (AvgIpc) is 2.03. The molecule has 2 rings (SSSR count). The van der Waals surface area contributed by atoms with Crippen LogP contribution in [0.2, 0.25) is 0 Å². The van der Waals surface area contributed by atoms with Gasteiger partial charge in [-0.25, -0.2) is 0 Å². The monoisotopic (exact) mass is 173 g/mol. The van der Waals surface area contributed by atoms with Gasteiger partial charge >= 0.3 is 0 Å². The molecule has 1 aliphatic carbocycles. The van der Waals surface area contributed by atoms with E-state index < -0.39 is 0 Å². The summed E-state index contributed by atoms with van der Waals surface area (Å²) in [6.45, 7) is 6.32. The van der Waals surface area contributed by atoms with Gasteiger partial charge in [-0.2, -0.15) is 0 Å². The van der Waals surface area contributed by atoms with Gasteiger partial charge in [0, 0.05) is 11.6 Å². The second-order valence-corrected chi connectivity index (χ2v) is 3.99. The highest BCUT2D eigenvalue weighted by Gasteiger charge is 2.31. The lowest BCUT2D eigenvalue weighted by Crippen LogP contribution is -2.23. The fourth-order valence-electron chi connectivity index (χ4n) is 2.22. The van der Waals surface area contributed by atoms with E-state index in [1.807, 2.05) is 12.1 Å². The van der Waals surface area contributed by atoms with Crippen LogP contribution in [0.15, 0.2) is 36.4 Å². The lowest BCUT2D eigenvalue weighted by molar-refractivity contribution is 0.392. The number of allylic oxidation sites excluding steroid dienone is 1. The van der Waals surface area contributed by atoms with Gasteiger partial charge < -0.3 is 5.73 Å². The molecule has 2 unspecified atom stereocenters. The summed E-state index contributed by atoms with van der Waals surface area (Å²) in [7, 11) is 0. The zero-order chi connectivity index (χ0) is 9.42. The molecule has 0 bridgehead atoms. The Morgan fingerprint density at radius 1 is 1.46 bits per heavy atom. The first-order valence-corrected chi connectivity index (χ1v) is 4.71. The van der Waals surface area contributed by atoms with Crippen molar-refractivity contribution in [2.75, 3.05) is 5.73 Å². The first kappa shape index (κ1) is 8.36. The molecule has 1 aliphatic rings. The van der Waals surface area contributed by atoms with Gasteiger partial charge in [-0.3, -0.25) is 0 Å². The number of anilines is 1. The second kappa shape index (κ2) is 2.91. The van der Waals surface area contributed by atoms with Crippen molar-refractivity contribution in [3.63, 3.8) is 0 Å². The lowest BCUT2D eigenvalue weighted by atomic mass is 9.67. The van der Waals surface area contributed by atoms with Gasteiger partial charge in [0.15, 0.2) is 0 Å². The Kier molecular flexibility index (Phi) is 1.87. The standard InChI is InChI=1S/C12H15N/c1-8-6-9(2)12(8)10-4-3-5-11(13)7-10/h3-5,7,9,12H,1,6,13H2,2H3. The van der Waals surface area contributed by atoms with Gasteiger partial charge in [0.05, 0.1) is 0 Å². The third kappa shape index (κ3) is 1.35.